The molecule has 124 valence electrons. The Bertz CT molecular complexity index is 727. The van der Waals surface area contributed by atoms with Crippen molar-refractivity contribution < 1.29 is 18.0 Å². The number of anilines is 1. The minimum atomic E-state index is -3.02. The van der Waals surface area contributed by atoms with Gasteiger partial charge in [0.1, 0.15) is 0 Å². The van der Waals surface area contributed by atoms with Crippen molar-refractivity contribution in [3.05, 3.63) is 29.8 Å². The topological polar surface area (TPSA) is 74.8 Å². The van der Waals surface area contributed by atoms with E-state index in [1.807, 2.05) is 0 Å². The summed E-state index contributed by atoms with van der Waals surface area (Å²) in [6, 6.07) is 6.69. The van der Waals surface area contributed by atoms with Crippen molar-refractivity contribution in [3.63, 3.8) is 0 Å². The van der Waals surface area contributed by atoms with Crippen LogP contribution < -0.4 is 4.90 Å². The third kappa shape index (κ3) is 3.24. The van der Waals surface area contributed by atoms with E-state index < -0.39 is 9.84 Å². The summed E-state index contributed by atoms with van der Waals surface area (Å²) in [5.74, 6) is 0.102. The van der Waals surface area contributed by atoms with Crippen molar-refractivity contribution in [2.24, 2.45) is 0 Å². The van der Waals surface area contributed by atoms with Crippen LogP contribution in [0.1, 0.15) is 29.6 Å². The number of amides is 2. The predicted octanol–water partition coefficient (Wildman–Crippen LogP) is 1.07. The molecular weight excluding hydrogens is 316 g/mol. The van der Waals surface area contributed by atoms with Gasteiger partial charge in [0.15, 0.2) is 9.84 Å². The molecule has 3 rings (SSSR count). The maximum atomic E-state index is 12.5. The Kier molecular flexibility index (Phi) is 4.14. The van der Waals surface area contributed by atoms with Crippen LogP contribution >= 0.6 is 0 Å². The van der Waals surface area contributed by atoms with Crippen molar-refractivity contribution in [2.75, 3.05) is 30.0 Å². The van der Waals surface area contributed by atoms with E-state index in [9.17, 15) is 18.0 Å². The van der Waals surface area contributed by atoms with Crippen LogP contribution in [0.5, 0.6) is 0 Å². The lowest BCUT2D eigenvalue weighted by molar-refractivity contribution is -0.117. The first-order chi connectivity index (χ1) is 10.9. The molecule has 2 aliphatic heterocycles. The van der Waals surface area contributed by atoms with Crippen molar-refractivity contribution >= 4 is 27.3 Å². The highest BCUT2D eigenvalue weighted by Crippen LogP contribution is 2.23. The molecule has 1 aromatic carbocycles. The van der Waals surface area contributed by atoms with Crippen LogP contribution in [0, 0.1) is 0 Å². The largest absolute Gasteiger partial charge is 0.338 e. The van der Waals surface area contributed by atoms with Gasteiger partial charge in [-0.3, -0.25) is 9.59 Å². The Hall–Kier alpha value is -1.89. The SMILES string of the molecule is CN(C(=O)c1ccc(N2CCCC2=O)cc1)C1CCS(=O)(=O)C1. The molecule has 2 saturated heterocycles. The Morgan fingerprint density at radius 1 is 1.26 bits per heavy atom. The summed E-state index contributed by atoms with van der Waals surface area (Å²) in [5.41, 5.74) is 1.31. The fourth-order valence-electron chi connectivity index (χ4n) is 3.16. The van der Waals surface area contributed by atoms with E-state index in [0.29, 0.717) is 24.9 Å². The number of rotatable bonds is 3. The second-order valence-electron chi connectivity index (χ2n) is 6.17. The van der Waals surface area contributed by atoms with Gasteiger partial charge in [0.25, 0.3) is 5.91 Å². The molecule has 0 aromatic heterocycles. The van der Waals surface area contributed by atoms with Gasteiger partial charge < -0.3 is 9.80 Å². The molecule has 1 unspecified atom stereocenters. The van der Waals surface area contributed by atoms with Crippen LogP contribution in [0.2, 0.25) is 0 Å². The molecule has 0 radical (unpaired) electrons. The summed E-state index contributed by atoms with van der Waals surface area (Å²) in [5, 5.41) is 0. The van der Waals surface area contributed by atoms with Crippen molar-refractivity contribution in [3.8, 4) is 0 Å². The maximum Gasteiger partial charge on any atom is 0.253 e. The zero-order valence-electron chi connectivity index (χ0n) is 13.1. The molecule has 1 atom stereocenters. The zero-order chi connectivity index (χ0) is 16.6. The number of nitrogens with zero attached hydrogens (tertiary/aromatic N) is 2. The molecule has 23 heavy (non-hydrogen) atoms. The number of carbonyl (C=O) groups is 2. The molecule has 2 aliphatic rings. The zero-order valence-corrected chi connectivity index (χ0v) is 13.9. The lowest BCUT2D eigenvalue weighted by Gasteiger charge is -2.24. The molecule has 0 N–H and O–H groups in total. The van der Waals surface area contributed by atoms with Gasteiger partial charge in [-0.25, -0.2) is 8.42 Å². The fraction of sp³-hybridized carbons (Fsp3) is 0.500. The van der Waals surface area contributed by atoms with E-state index in [-0.39, 0.29) is 29.4 Å². The number of benzene rings is 1. The van der Waals surface area contributed by atoms with Gasteiger partial charge >= 0.3 is 0 Å². The molecule has 0 aliphatic carbocycles. The highest BCUT2D eigenvalue weighted by Gasteiger charge is 2.33. The molecule has 0 saturated carbocycles. The normalized spacial score (nSPS) is 23.3. The van der Waals surface area contributed by atoms with E-state index in [4.69, 9.17) is 0 Å². The average Bonchev–Trinajstić information content (AvgIpc) is 3.11. The smallest absolute Gasteiger partial charge is 0.253 e. The molecule has 2 fully saturated rings. The van der Waals surface area contributed by atoms with Crippen molar-refractivity contribution in [2.45, 2.75) is 25.3 Å². The molecule has 6 nitrogen and oxygen atoms in total. The lowest BCUT2D eigenvalue weighted by Crippen LogP contribution is -2.37. The van der Waals surface area contributed by atoms with Gasteiger partial charge in [-0.1, -0.05) is 0 Å². The van der Waals surface area contributed by atoms with E-state index in [1.165, 1.54) is 4.90 Å². The number of carbonyl (C=O) groups excluding carboxylic acids is 2. The Morgan fingerprint density at radius 2 is 1.96 bits per heavy atom. The summed E-state index contributed by atoms with van der Waals surface area (Å²) < 4.78 is 23.1. The molecular formula is C16H20N2O4S. The van der Waals surface area contributed by atoms with E-state index in [1.54, 1.807) is 36.2 Å². The Balaban J connectivity index is 1.71. The van der Waals surface area contributed by atoms with Crippen LogP contribution in [-0.2, 0) is 14.6 Å². The van der Waals surface area contributed by atoms with E-state index >= 15 is 0 Å². The third-order valence-electron chi connectivity index (χ3n) is 4.58. The summed E-state index contributed by atoms with van der Waals surface area (Å²) in [6.45, 7) is 0.714. The average molecular weight is 336 g/mol. The van der Waals surface area contributed by atoms with Gasteiger partial charge in [0.2, 0.25) is 5.91 Å². The van der Waals surface area contributed by atoms with Gasteiger partial charge in [-0.2, -0.15) is 0 Å². The van der Waals surface area contributed by atoms with Crippen molar-refractivity contribution in [1.29, 1.82) is 0 Å². The first kappa shape index (κ1) is 16.0. The van der Waals surface area contributed by atoms with Crippen LogP contribution in [0.3, 0.4) is 0 Å². The van der Waals surface area contributed by atoms with Gasteiger partial charge in [0, 0.05) is 37.3 Å². The fourth-order valence-corrected chi connectivity index (χ4v) is 4.93. The third-order valence-corrected chi connectivity index (χ3v) is 6.33. The molecule has 2 amide bonds. The number of hydrogen-bond acceptors (Lipinski definition) is 4. The molecule has 7 heteroatoms. The van der Waals surface area contributed by atoms with Gasteiger partial charge in [-0.15, -0.1) is 0 Å². The van der Waals surface area contributed by atoms with Crippen LogP contribution in [0.15, 0.2) is 24.3 Å². The first-order valence-electron chi connectivity index (χ1n) is 7.75. The van der Waals surface area contributed by atoms with Crippen molar-refractivity contribution in [1.82, 2.24) is 4.90 Å². The highest BCUT2D eigenvalue weighted by atomic mass is 32.2. The molecule has 0 bridgehead atoms. The second kappa shape index (κ2) is 5.96. The molecule has 0 spiro atoms. The van der Waals surface area contributed by atoms with Gasteiger partial charge in [0.05, 0.1) is 11.5 Å². The number of sulfone groups is 1. The number of hydrogen-bond donors (Lipinski definition) is 0. The quantitative estimate of drug-likeness (QED) is 0.827. The van der Waals surface area contributed by atoms with Crippen LogP contribution in [-0.4, -0.2) is 56.3 Å². The molecule has 1 aromatic rings. The Morgan fingerprint density at radius 3 is 2.48 bits per heavy atom. The summed E-state index contributed by atoms with van der Waals surface area (Å²) >= 11 is 0. The maximum absolute atomic E-state index is 12.5. The second-order valence-corrected chi connectivity index (χ2v) is 8.40. The Labute approximate surface area is 136 Å². The van der Waals surface area contributed by atoms with E-state index in [2.05, 4.69) is 0 Å². The predicted molar refractivity (Wildman–Crippen MR) is 87.2 cm³/mol. The monoisotopic (exact) mass is 336 g/mol. The summed E-state index contributed by atoms with van der Waals surface area (Å²) in [6.07, 6.45) is 1.92. The first-order valence-corrected chi connectivity index (χ1v) is 9.57. The van der Waals surface area contributed by atoms with Crippen LogP contribution in [0.4, 0.5) is 5.69 Å². The standard InChI is InChI=1S/C16H20N2O4S/c1-17(14-8-10-23(21,22)11-14)16(20)12-4-6-13(7-5-12)18-9-2-3-15(18)19/h4-7,14H,2-3,8-11H2,1H3. The minimum Gasteiger partial charge on any atom is -0.338 e. The van der Waals surface area contributed by atoms with E-state index in [0.717, 1.165) is 12.1 Å². The summed E-state index contributed by atoms with van der Waals surface area (Å²) in [7, 11) is -1.37. The van der Waals surface area contributed by atoms with Crippen LogP contribution in [0.25, 0.3) is 0 Å². The van der Waals surface area contributed by atoms with Gasteiger partial charge in [-0.05, 0) is 37.1 Å². The highest BCUT2D eigenvalue weighted by molar-refractivity contribution is 7.91. The summed E-state index contributed by atoms with van der Waals surface area (Å²) in [4.78, 5) is 27.5. The molecule has 2 heterocycles. The minimum absolute atomic E-state index is 0.0373. The lowest BCUT2D eigenvalue weighted by atomic mass is 10.1.